The van der Waals surface area contributed by atoms with Gasteiger partial charge < -0.3 is 5.32 Å². The van der Waals surface area contributed by atoms with E-state index in [9.17, 15) is 4.79 Å². The van der Waals surface area contributed by atoms with Crippen LogP contribution in [0.5, 0.6) is 0 Å². The molecule has 0 atom stereocenters. The fraction of sp³-hybridized carbons (Fsp3) is 0.300. The molecule has 0 saturated carbocycles. The van der Waals surface area contributed by atoms with E-state index in [0.717, 1.165) is 5.57 Å². The summed E-state index contributed by atoms with van der Waals surface area (Å²) in [6.07, 6.45) is 8.70. The SMILES string of the molecule is C#C/C(=C\C=C(C)C)NC(C)=O. The van der Waals surface area contributed by atoms with Gasteiger partial charge in [0.15, 0.2) is 0 Å². The first-order valence-electron chi connectivity index (χ1n) is 3.65. The molecule has 2 nitrogen and oxygen atoms in total. The lowest BCUT2D eigenvalue weighted by Crippen LogP contribution is -2.17. The van der Waals surface area contributed by atoms with Gasteiger partial charge >= 0.3 is 0 Å². The summed E-state index contributed by atoms with van der Waals surface area (Å²) >= 11 is 0. The van der Waals surface area contributed by atoms with Crippen LogP contribution in [-0.4, -0.2) is 5.91 Å². The molecule has 0 radical (unpaired) electrons. The van der Waals surface area contributed by atoms with E-state index in [1.54, 1.807) is 6.08 Å². The third-order valence-corrected chi connectivity index (χ3v) is 1.05. The summed E-state index contributed by atoms with van der Waals surface area (Å²) in [6, 6.07) is 0. The average molecular weight is 163 g/mol. The molecular formula is C10H13NO. The standard InChI is InChI=1S/C10H13NO/c1-5-10(11-9(4)12)7-6-8(2)3/h1,6-7H,2-4H3,(H,11,12)/b10-7+. The van der Waals surface area contributed by atoms with Gasteiger partial charge in [0.05, 0.1) is 5.70 Å². The van der Waals surface area contributed by atoms with Gasteiger partial charge in [0.1, 0.15) is 0 Å². The number of rotatable bonds is 2. The van der Waals surface area contributed by atoms with Crippen molar-refractivity contribution < 1.29 is 4.79 Å². The Kier molecular flexibility index (Phi) is 4.55. The fourth-order valence-electron chi connectivity index (χ4n) is 0.566. The third kappa shape index (κ3) is 5.31. The Labute approximate surface area is 73.4 Å². The molecule has 2 heteroatoms. The van der Waals surface area contributed by atoms with E-state index < -0.39 is 0 Å². The van der Waals surface area contributed by atoms with Gasteiger partial charge in [-0.3, -0.25) is 4.79 Å². The van der Waals surface area contributed by atoms with Gasteiger partial charge in [-0.05, 0) is 19.9 Å². The molecule has 0 aromatic heterocycles. The molecule has 1 N–H and O–H groups in total. The molecule has 0 unspecified atom stereocenters. The molecule has 0 aromatic carbocycles. The van der Waals surface area contributed by atoms with Crippen molar-refractivity contribution in [1.82, 2.24) is 5.32 Å². The molecule has 0 aliphatic rings. The number of allylic oxidation sites excluding steroid dienone is 4. The molecule has 12 heavy (non-hydrogen) atoms. The molecule has 0 aromatic rings. The van der Waals surface area contributed by atoms with Crippen molar-refractivity contribution in [1.29, 1.82) is 0 Å². The molecule has 0 rings (SSSR count). The number of carbonyl (C=O) groups is 1. The number of nitrogens with one attached hydrogen (secondary N) is 1. The van der Waals surface area contributed by atoms with Gasteiger partial charge in [-0.15, -0.1) is 6.42 Å². The van der Waals surface area contributed by atoms with Gasteiger partial charge in [0, 0.05) is 6.92 Å². The van der Waals surface area contributed by atoms with Crippen LogP contribution in [0.15, 0.2) is 23.4 Å². The first-order valence-corrected chi connectivity index (χ1v) is 3.65. The Morgan fingerprint density at radius 3 is 2.25 bits per heavy atom. The first kappa shape index (κ1) is 10.5. The van der Waals surface area contributed by atoms with Crippen molar-refractivity contribution in [2.24, 2.45) is 0 Å². The van der Waals surface area contributed by atoms with E-state index in [4.69, 9.17) is 6.42 Å². The van der Waals surface area contributed by atoms with Crippen LogP contribution in [0.1, 0.15) is 20.8 Å². The van der Waals surface area contributed by atoms with Crippen molar-refractivity contribution >= 4 is 5.91 Å². The molecule has 0 saturated heterocycles. The van der Waals surface area contributed by atoms with Crippen LogP contribution in [0, 0.1) is 12.3 Å². The predicted molar refractivity (Wildman–Crippen MR) is 50.2 cm³/mol. The van der Waals surface area contributed by atoms with Crippen LogP contribution in [-0.2, 0) is 4.79 Å². The minimum absolute atomic E-state index is 0.152. The summed E-state index contributed by atoms with van der Waals surface area (Å²) in [6.45, 7) is 5.34. The minimum atomic E-state index is -0.152. The molecular weight excluding hydrogens is 150 g/mol. The van der Waals surface area contributed by atoms with Crippen LogP contribution in [0.25, 0.3) is 0 Å². The minimum Gasteiger partial charge on any atom is -0.319 e. The molecule has 1 amide bonds. The summed E-state index contributed by atoms with van der Waals surface area (Å²) in [4.78, 5) is 10.6. The number of carbonyl (C=O) groups excluding carboxylic acids is 1. The van der Waals surface area contributed by atoms with Crippen LogP contribution in [0.2, 0.25) is 0 Å². The zero-order valence-electron chi connectivity index (χ0n) is 7.64. The average Bonchev–Trinajstić information content (AvgIpc) is 1.97. The second-order valence-electron chi connectivity index (χ2n) is 2.65. The Morgan fingerprint density at radius 1 is 1.33 bits per heavy atom. The van der Waals surface area contributed by atoms with E-state index in [0.29, 0.717) is 5.70 Å². The second kappa shape index (κ2) is 5.20. The Morgan fingerprint density at radius 2 is 1.92 bits per heavy atom. The Hall–Kier alpha value is -1.49. The van der Waals surface area contributed by atoms with Gasteiger partial charge in [0.25, 0.3) is 0 Å². The smallest absolute Gasteiger partial charge is 0.221 e. The highest BCUT2D eigenvalue weighted by atomic mass is 16.1. The van der Waals surface area contributed by atoms with Crippen molar-refractivity contribution in [3.63, 3.8) is 0 Å². The Balaban J connectivity index is 4.37. The maximum absolute atomic E-state index is 10.6. The van der Waals surface area contributed by atoms with Gasteiger partial charge in [-0.1, -0.05) is 17.6 Å². The summed E-state index contributed by atoms with van der Waals surface area (Å²) in [5.41, 5.74) is 1.62. The van der Waals surface area contributed by atoms with Crippen molar-refractivity contribution in [2.75, 3.05) is 0 Å². The maximum Gasteiger partial charge on any atom is 0.221 e. The molecule has 0 bridgehead atoms. The van der Waals surface area contributed by atoms with Crippen molar-refractivity contribution in [2.45, 2.75) is 20.8 Å². The number of amides is 1. The highest BCUT2D eigenvalue weighted by Gasteiger charge is 1.92. The summed E-state index contributed by atoms with van der Waals surface area (Å²) in [5, 5.41) is 2.53. The van der Waals surface area contributed by atoms with Crippen molar-refractivity contribution in [3.05, 3.63) is 23.4 Å². The largest absolute Gasteiger partial charge is 0.319 e. The van der Waals surface area contributed by atoms with E-state index in [-0.39, 0.29) is 5.91 Å². The van der Waals surface area contributed by atoms with E-state index in [1.807, 2.05) is 19.9 Å². The zero-order chi connectivity index (χ0) is 9.56. The highest BCUT2D eigenvalue weighted by molar-refractivity contribution is 5.76. The second-order valence-corrected chi connectivity index (χ2v) is 2.65. The molecule has 0 aliphatic carbocycles. The monoisotopic (exact) mass is 163 g/mol. The molecule has 0 aliphatic heterocycles. The zero-order valence-corrected chi connectivity index (χ0v) is 7.64. The first-order chi connectivity index (χ1) is 5.56. The third-order valence-electron chi connectivity index (χ3n) is 1.05. The molecule has 0 heterocycles. The van der Waals surface area contributed by atoms with Crippen LogP contribution < -0.4 is 5.32 Å². The number of terminal acetylenes is 1. The fourth-order valence-corrected chi connectivity index (χ4v) is 0.566. The lowest BCUT2D eigenvalue weighted by Gasteiger charge is -1.97. The lowest BCUT2D eigenvalue weighted by molar-refractivity contribution is -0.118. The van der Waals surface area contributed by atoms with Crippen molar-refractivity contribution in [3.8, 4) is 12.3 Å². The predicted octanol–water partition coefficient (Wildman–Crippen LogP) is 1.61. The molecule has 0 fully saturated rings. The van der Waals surface area contributed by atoms with Gasteiger partial charge in [-0.25, -0.2) is 0 Å². The van der Waals surface area contributed by atoms with Crippen LogP contribution >= 0.6 is 0 Å². The van der Waals surface area contributed by atoms with Crippen LogP contribution in [0.3, 0.4) is 0 Å². The lowest BCUT2D eigenvalue weighted by atomic mass is 10.3. The summed E-state index contributed by atoms with van der Waals surface area (Å²) in [5.74, 6) is 2.22. The number of hydrogen-bond acceptors (Lipinski definition) is 1. The molecule has 64 valence electrons. The quantitative estimate of drug-likeness (QED) is 0.486. The normalized spacial score (nSPS) is 10.0. The topological polar surface area (TPSA) is 29.1 Å². The van der Waals surface area contributed by atoms with Crippen LogP contribution in [0.4, 0.5) is 0 Å². The number of hydrogen-bond donors (Lipinski definition) is 1. The van der Waals surface area contributed by atoms with E-state index >= 15 is 0 Å². The van der Waals surface area contributed by atoms with E-state index in [1.165, 1.54) is 6.92 Å². The van der Waals surface area contributed by atoms with Gasteiger partial charge in [-0.2, -0.15) is 0 Å². The van der Waals surface area contributed by atoms with Gasteiger partial charge in [0.2, 0.25) is 5.91 Å². The summed E-state index contributed by atoms with van der Waals surface area (Å²) in [7, 11) is 0. The Bertz CT molecular complexity index is 262. The highest BCUT2D eigenvalue weighted by Crippen LogP contribution is 1.93. The maximum atomic E-state index is 10.6. The van der Waals surface area contributed by atoms with E-state index in [2.05, 4.69) is 11.2 Å². The summed E-state index contributed by atoms with van der Waals surface area (Å²) < 4.78 is 0. The molecule has 0 spiro atoms.